The van der Waals surface area contributed by atoms with Crippen LogP contribution in [0.25, 0.3) is 0 Å². The minimum absolute atomic E-state index is 0.00686. The molecule has 1 aromatic heterocycles. The topological polar surface area (TPSA) is 62.7 Å². The first-order chi connectivity index (χ1) is 17.2. The minimum atomic E-state index is -0.636. The summed E-state index contributed by atoms with van der Waals surface area (Å²) in [6.07, 6.45) is 4.83. The predicted molar refractivity (Wildman–Crippen MR) is 142 cm³/mol. The summed E-state index contributed by atoms with van der Waals surface area (Å²) in [6, 6.07) is 19.7. The maximum absolute atomic E-state index is 13.4. The van der Waals surface area contributed by atoms with Crippen molar-refractivity contribution < 1.29 is 14.3 Å². The van der Waals surface area contributed by atoms with Gasteiger partial charge in [-0.05, 0) is 87.9 Å². The second-order valence-electron chi connectivity index (χ2n) is 10.5. The van der Waals surface area contributed by atoms with Gasteiger partial charge in [0, 0.05) is 36.7 Å². The number of hydrogen-bond donors (Lipinski definition) is 0. The lowest BCUT2D eigenvalue weighted by Gasteiger charge is -2.33. The molecule has 1 saturated heterocycles. The fourth-order valence-electron chi connectivity index (χ4n) is 4.58. The number of benzene rings is 2. The number of anilines is 1. The monoisotopic (exact) mass is 485 g/mol. The molecule has 0 atom stereocenters. The third-order valence-corrected chi connectivity index (χ3v) is 6.40. The number of nitrogens with zero attached hydrogens (tertiary/aromatic N) is 3. The van der Waals surface area contributed by atoms with Gasteiger partial charge < -0.3 is 9.64 Å². The summed E-state index contributed by atoms with van der Waals surface area (Å²) in [7, 11) is 0. The number of piperidine rings is 1. The zero-order valence-electron chi connectivity index (χ0n) is 21.6. The quantitative estimate of drug-likeness (QED) is 0.422. The number of aryl methyl sites for hydroxylation is 1. The highest BCUT2D eigenvalue weighted by Gasteiger charge is 2.27. The molecule has 2 heterocycles. The van der Waals surface area contributed by atoms with E-state index in [1.807, 2.05) is 56.0 Å². The first kappa shape index (κ1) is 25.4. The van der Waals surface area contributed by atoms with Crippen molar-refractivity contribution in [1.82, 2.24) is 9.88 Å². The second kappa shape index (κ2) is 10.9. The lowest BCUT2D eigenvalue weighted by atomic mass is 9.88. The Labute approximate surface area is 213 Å². The highest BCUT2D eigenvalue weighted by molar-refractivity contribution is 5.97. The SMILES string of the molecule is Cc1cccc(C2CCN(C(=O)c3cccc(N(Cc4ccncc4)C(=O)OC(C)(C)C)c3)CC2)c1. The average molecular weight is 486 g/mol. The van der Waals surface area contributed by atoms with Crippen molar-refractivity contribution >= 4 is 17.7 Å². The van der Waals surface area contributed by atoms with Gasteiger partial charge in [0.1, 0.15) is 5.60 Å². The van der Waals surface area contributed by atoms with Crippen molar-refractivity contribution in [3.8, 4) is 0 Å². The van der Waals surface area contributed by atoms with E-state index in [0.717, 1.165) is 18.4 Å². The number of likely N-dealkylation sites (tertiary alicyclic amines) is 1. The zero-order chi connectivity index (χ0) is 25.7. The van der Waals surface area contributed by atoms with Gasteiger partial charge in [0.05, 0.1) is 6.54 Å². The Balaban J connectivity index is 1.50. The molecule has 4 rings (SSSR count). The van der Waals surface area contributed by atoms with Crippen molar-refractivity contribution in [2.24, 2.45) is 0 Å². The third kappa shape index (κ3) is 6.51. The average Bonchev–Trinajstić information content (AvgIpc) is 2.86. The van der Waals surface area contributed by atoms with E-state index in [1.165, 1.54) is 11.1 Å². The van der Waals surface area contributed by atoms with Crippen molar-refractivity contribution in [3.05, 3.63) is 95.3 Å². The highest BCUT2D eigenvalue weighted by atomic mass is 16.6. The molecule has 0 spiro atoms. The first-order valence-electron chi connectivity index (χ1n) is 12.5. The summed E-state index contributed by atoms with van der Waals surface area (Å²) in [5, 5.41) is 0. The Hall–Kier alpha value is -3.67. The normalized spacial score (nSPS) is 14.4. The highest BCUT2D eigenvalue weighted by Crippen LogP contribution is 2.30. The number of hydrogen-bond acceptors (Lipinski definition) is 4. The van der Waals surface area contributed by atoms with E-state index in [0.29, 0.717) is 36.8 Å². The van der Waals surface area contributed by atoms with Gasteiger partial charge in [-0.3, -0.25) is 14.7 Å². The number of amides is 2. The first-order valence-corrected chi connectivity index (χ1v) is 12.5. The molecule has 2 amide bonds. The van der Waals surface area contributed by atoms with Crippen molar-refractivity contribution in [2.75, 3.05) is 18.0 Å². The summed E-state index contributed by atoms with van der Waals surface area (Å²) < 4.78 is 5.68. The van der Waals surface area contributed by atoms with Crippen LogP contribution in [0.4, 0.5) is 10.5 Å². The molecule has 36 heavy (non-hydrogen) atoms. The summed E-state index contributed by atoms with van der Waals surface area (Å²) >= 11 is 0. The number of rotatable bonds is 5. The van der Waals surface area contributed by atoms with Crippen molar-refractivity contribution in [3.63, 3.8) is 0 Å². The van der Waals surface area contributed by atoms with Gasteiger partial charge >= 0.3 is 6.09 Å². The van der Waals surface area contributed by atoms with Gasteiger partial charge in [-0.15, -0.1) is 0 Å². The smallest absolute Gasteiger partial charge is 0.415 e. The number of pyridine rings is 1. The lowest BCUT2D eigenvalue weighted by Crippen LogP contribution is -2.38. The predicted octanol–water partition coefficient (Wildman–Crippen LogP) is 6.35. The van der Waals surface area contributed by atoms with E-state index in [2.05, 4.69) is 36.2 Å². The fraction of sp³-hybridized carbons (Fsp3) is 0.367. The standard InChI is InChI=1S/C30H35N3O3/c1-22-7-5-8-25(19-22)24-13-17-32(18-14-24)28(34)26-9-6-10-27(20-26)33(29(35)36-30(2,3)4)21-23-11-15-31-16-12-23/h5-12,15-16,19-20,24H,13-14,17-18,21H2,1-4H3. The number of ether oxygens (including phenoxy) is 1. The molecule has 1 aliphatic heterocycles. The molecule has 1 aliphatic rings. The van der Waals surface area contributed by atoms with E-state index in [4.69, 9.17) is 4.74 Å². The Bertz CT molecular complexity index is 1200. The lowest BCUT2D eigenvalue weighted by molar-refractivity contribution is 0.0576. The molecule has 0 unspecified atom stereocenters. The Morgan fingerprint density at radius 2 is 1.69 bits per heavy atom. The fourth-order valence-corrected chi connectivity index (χ4v) is 4.58. The molecule has 0 N–H and O–H groups in total. The van der Waals surface area contributed by atoms with Crippen LogP contribution >= 0.6 is 0 Å². The van der Waals surface area contributed by atoms with Crippen LogP contribution in [0.5, 0.6) is 0 Å². The number of carbonyl (C=O) groups is 2. The Morgan fingerprint density at radius 1 is 1.00 bits per heavy atom. The molecule has 3 aromatic rings. The van der Waals surface area contributed by atoms with Crippen LogP contribution in [-0.4, -0.2) is 40.6 Å². The maximum atomic E-state index is 13.4. The molecular formula is C30H35N3O3. The van der Waals surface area contributed by atoms with Crippen LogP contribution in [0.15, 0.2) is 73.1 Å². The summed E-state index contributed by atoms with van der Waals surface area (Å²) in [6.45, 7) is 9.39. The molecule has 0 saturated carbocycles. The molecule has 188 valence electrons. The van der Waals surface area contributed by atoms with E-state index in [1.54, 1.807) is 23.4 Å². The summed E-state index contributed by atoms with van der Waals surface area (Å²) in [4.78, 5) is 34.1. The Kier molecular flexibility index (Phi) is 7.73. The second-order valence-corrected chi connectivity index (χ2v) is 10.5. The van der Waals surface area contributed by atoms with Gasteiger partial charge in [-0.25, -0.2) is 4.79 Å². The zero-order valence-corrected chi connectivity index (χ0v) is 21.6. The van der Waals surface area contributed by atoms with Gasteiger partial charge in [0.25, 0.3) is 5.91 Å². The summed E-state index contributed by atoms with van der Waals surface area (Å²) in [5.41, 5.74) is 4.11. The Morgan fingerprint density at radius 3 is 2.36 bits per heavy atom. The molecule has 0 bridgehead atoms. The summed E-state index contributed by atoms with van der Waals surface area (Å²) in [5.74, 6) is 0.468. The molecule has 2 aromatic carbocycles. The van der Waals surface area contributed by atoms with Crippen LogP contribution in [-0.2, 0) is 11.3 Å². The number of aromatic nitrogens is 1. The van der Waals surface area contributed by atoms with E-state index >= 15 is 0 Å². The van der Waals surface area contributed by atoms with E-state index in [9.17, 15) is 9.59 Å². The molecule has 6 nitrogen and oxygen atoms in total. The minimum Gasteiger partial charge on any atom is -0.443 e. The van der Waals surface area contributed by atoms with Gasteiger partial charge in [0.15, 0.2) is 0 Å². The largest absolute Gasteiger partial charge is 0.443 e. The molecular weight excluding hydrogens is 450 g/mol. The van der Waals surface area contributed by atoms with Gasteiger partial charge in [-0.1, -0.05) is 35.9 Å². The molecule has 0 radical (unpaired) electrons. The van der Waals surface area contributed by atoms with Crippen LogP contribution in [0.2, 0.25) is 0 Å². The van der Waals surface area contributed by atoms with E-state index in [-0.39, 0.29) is 5.91 Å². The van der Waals surface area contributed by atoms with Crippen LogP contribution in [0, 0.1) is 6.92 Å². The van der Waals surface area contributed by atoms with Gasteiger partial charge in [0.2, 0.25) is 0 Å². The molecule has 0 aliphatic carbocycles. The van der Waals surface area contributed by atoms with Crippen LogP contribution in [0.3, 0.4) is 0 Å². The maximum Gasteiger partial charge on any atom is 0.415 e. The van der Waals surface area contributed by atoms with Gasteiger partial charge in [-0.2, -0.15) is 0 Å². The number of carbonyl (C=O) groups excluding carboxylic acids is 2. The third-order valence-electron chi connectivity index (χ3n) is 6.40. The van der Waals surface area contributed by atoms with Crippen LogP contribution < -0.4 is 4.90 Å². The molecule has 1 fully saturated rings. The van der Waals surface area contributed by atoms with E-state index < -0.39 is 11.7 Å². The van der Waals surface area contributed by atoms with Crippen LogP contribution in [0.1, 0.15) is 66.6 Å². The molecule has 6 heteroatoms. The van der Waals surface area contributed by atoms with Crippen molar-refractivity contribution in [2.45, 2.75) is 58.6 Å². The van der Waals surface area contributed by atoms with Crippen molar-refractivity contribution in [1.29, 1.82) is 0 Å².